The molecule has 1 atom stereocenters. The normalized spacial score (nSPS) is 20.5. The van der Waals surface area contributed by atoms with Gasteiger partial charge in [-0.15, -0.1) is 0 Å². The number of hydrogen-bond acceptors (Lipinski definition) is 2. The minimum atomic E-state index is -1.06. The van der Waals surface area contributed by atoms with Gasteiger partial charge in [-0.25, -0.2) is 9.18 Å². The fourth-order valence-electron chi connectivity index (χ4n) is 0.459. The van der Waals surface area contributed by atoms with Crippen LogP contribution in [-0.4, -0.2) is 23.3 Å². The van der Waals surface area contributed by atoms with Crippen molar-refractivity contribution < 1.29 is 19.1 Å². The van der Waals surface area contributed by atoms with E-state index < -0.39 is 12.3 Å². The third kappa shape index (κ3) is 5.40. The van der Waals surface area contributed by atoms with Crippen molar-refractivity contribution in [3.05, 3.63) is 12.2 Å². The first-order valence-electron chi connectivity index (χ1n) is 3.35. The van der Waals surface area contributed by atoms with Gasteiger partial charge in [-0.1, -0.05) is 6.08 Å². The fraction of sp³-hybridized carbons (Fsp3) is 0.429. The predicted octanol–water partition coefficient (Wildman–Crippen LogP) is 0.449. The molecule has 0 aromatic carbocycles. The van der Waals surface area contributed by atoms with Gasteiger partial charge in [0.2, 0.25) is 5.91 Å². The molecule has 0 radical (unpaired) electrons. The molecule has 0 bridgehead atoms. The highest BCUT2D eigenvalue weighted by molar-refractivity contribution is 5.82. The summed E-state index contributed by atoms with van der Waals surface area (Å²) in [5.41, 5.74) is 0. The van der Waals surface area contributed by atoms with Crippen LogP contribution in [0.2, 0.25) is 0 Å². The van der Waals surface area contributed by atoms with Crippen LogP contribution < -0.4 is 5.32 Å². The quantitative estimate of drug-likeness (QED) is 0.345. The molecule has 1 unspecified atom stereocenters. The molecule has 1 rings (SSSR count). The Bertz CT molecular complexity index is 195. The molecule has 1 aliphatic rings. The number of rotatable bonds is 1. The fourth-order valence-corrected chi connectivity index (χ4v) is 0.459. The zero-order valence-corrected chi connectivity index (χ0v) is 6.58. The molecule has 1 amide bonds. The summed E-state index contributed by atoms with van der Waals surface area (Å²) in [7, 11) is 0. The Kier molecular flexibility index (Phi) is 4.67. The Morgan fingerprint density at radius 1 is 1.83 bits per heavy atom. The minimum absolute atomic E-state index is 0.0556. The predicted molar refractivity (Wildman–Crippen MR) is 40.1 cm³/mol. The van der Waals surface area contributed by atoms with Crippen molar-refractivity contribution in [2.45, 2.75) is 19.6 Å². The molecule has 0 aromatic heterocycles. The molecule has 0 aliphatic carbocycles. The lowest BCUT2D eigenvalue weighted by molar-refractivity contribution is -0.132. The van der Waals surface area contributed by atoms with Crippen molar-refractivity contribution in [1.29, 1.82) is 0 Å². The van der Waals surface area contributed by atoms with Gasteiger partial charge in [0, 0.05) is 6.08 Å². The highest BCUT2D eigenvalue weighted by atomic mass is 19.1. The average Bonchev–Trinajstić information content (AvgIpc) is 1.85. The van der Waals surface area contributed by atoms with Crippen molar-refractivity contribution in [3.8, 4) is 0 Å². The lowest BCUT2D eigenvalue weighted by atomic mass is 10.2. The zero-order valence-electron chi connectivity index (χ0n) is 6.58. The van der Waals surface area contributed by atoms with Gasteiger partial charge < -0.3 is 10.4 Å². The van der Waals surface area contributed by atoms with E-state index in [2.05, 4.69) is 0 Å². The van der Waals surface area contributed by atoms with E-state index in [0.29, 0.717) is 0 Å². The first-order chi connectivity index (χ1) is 5.56. The van der Waals surface area contributed by atoms with Crippen LogP contribution in [0, 0.1) is 0 Å². The molecule has 1 heterocycles. The molecule has 68 valence electrons. The standard InChI is InChI=1S/C4H6O2.C3H4FNO/c1-2-3-4(5)6;4-2-1-3(6)5-2/h2-3H,1H3,(H,5,6);2H,1H2,(H,5,6)/b3-2+;. The van der Waals surface area contributed by atoms with Gasteiger partial charge >= 0.3 is 5.97 Å². The second-order valence-corrected chi connectivity index (χ2v) is 2.08. The number of carbonyl (C=O) groups excluding carboxylic acids is 1. The largest absolute Gasteiger partial charge is 0.478 e. The Balaban J connectivity index is 0.000000202. The van der Waals surface area contributed by atoms with Crippen LogP contribution in [0.5, 0.6) is 0 Å². The topological polar surface area (TPSA) is 66.4 Å². The molecule has 2 N–H and O–H groups in total. The first-order valence-corrected chi connectivity index (χ1v) is 3.35. The van der Waals surface area contributed by atoms with Crippen LogP contribution in [0.1, 0.15) is 13.3 Å². The van der Waals surface area contributed by atoms with E-state index in [9.17, 15) is 14.0 Å². The number of hydrogen-bond donors (Lipinski definition) is 2. The number of carbonyl (C=O) groups is 2. The van der Waals surface area contributed by atoms with Crippen LogP contribution in [-0.2, 0) is 9.59 Å². The number of carboxylic acids is 1. The second-order valence-electron chi connectivity index (χ2n) is 2.08. The Hall–Kier alpha value is -1.39. The monoisotopic (exact) mass is 175 g/mol. The molecule has 12 heavy (non-hydrogen) atoms. The summed E-state index contributed by atoms with van der Waals surface area (Å²) < 4.78 is 11.4. The highest BCUT2D eigenvalue weighted by Gasteiger charge is 2.23. The molecule has 1 aliphatic heterocycles. The van der Waals surface area contributed by atoms with Crippen LogP contribution >= 0.6 is 0 Å². The Morgan fingerprint density at radius 3 is 2.33 bits per heavy atom. The van der Waals surface area contributed by atoms with E-state index in [1.807, 2.05) is 5.32 Å². The van der Waals surface area contributed by atoms with Crippen molar-refractivity contribution in [2.24, 2.45) is 0 Å². The van der Waals surface area contributed by atoms with Crippen LogP contribution in [0.25, 0.3) is 0 Å². The number of halogens is 1. The molecule has 0 aromatic rings. The summed E-state index contributed by atoms with van der Waals surface area (Å²) in [6.07, 6.45) is 1.56. The SMILES string of the molecule is C/C=C/C(=O)O.O=C1CC(F)N1. The smallest absolute Gasteiger partial charge is 0.327 e. The van der Waals surface area contributed by atoms with E-state index in [1.54, 1.807) is 6.92 Å². The maximum atomic E-state index is 11.4. The lowest BCUT2D eigenvalue weighted by Crippen LogP contribution is -2.45. The summed E-state index contributed by atoms with van der Waals surface area (Å²) in [6.45, 7) is 1.66. The molecule has 4 nitrogen and oxygen atoms in total. The first kappa shape index (κ1) is 10.6. The van der Waals surface area contributed by atoms with E-state index >= 15 is 0 Å². The van der Waals surface area contributed by atoms with E-state index in [0.717, 1.165) is 6.08 Å². The molecule has 0 saturated carbocycles. The van der Waals surface area contributed by atoms with Crippen molar-refractivity contribution in [1.82, 2.24) is 5.32 Å². The van der Waals surface area contributed by atoms with Gasteiger partial charge in [0.25, 0.3) is 0 Å². The van der Waals surface area contributed by atoms with Gasteiger partial charge in [0.15, 0.2) is 6.30 Å². The zero-order chi connectivity index (χ0) is 9.56. The summed E-state index contributed by atoms with van der Waals surface area (Å²) in [4.78, 5) is 19.3. The summed E-state index contributed by atoms with van der Waals surface area (Å²) in [6, 6.07) is 0. The van der Waals surface area contributed by atoms with Gasteiger partial charge in [-0.2, -0.15) is 0 Å². The number of amides is 1. The maximum Gasteiger partial charge on any atom is 0.327 e. The molecule has 5 heteroatoms. The third-order valence-electron chi connectivity index (χ3n) is 0.991. The average molecular weight is 175 g/mol. The van der Waals surface area contributed by atoms with E-state index in [4.69, 9.17) is 5.11 Å². The number of carboxylic acid groups (broad SMARTS) is 1. The summed E-state index contributed by atoms with van der Waals surface area (Å²) in [5.74, 6) is -1.08. The maximum absolute atomic E-state index is 11.4. The van der Waals surface area contributed by atoms with Crippen molar-refractivity contribution >= 4 is 11.9 Å². The second kappa shape index (κ2) is 5.29. The Labute approximate surface area is 69.1 Å². The third-order valence-corrected chi connectivity index (χ3v) is 0.991. The molecular weight excluding hydrogens is 165 g/mol. The van der Waals surface area contributed by atoms with Gasteiger partial charge in [-0.3, -0.25) is 4.79 Å². The lowest BCUT2D eigenvalue weighted by Gasteiger charge is -2.17. The minimum Gasteiger partial charge on any atom is -0.478 e. The molecule has 1 saturated heterocycles. The molecular formula is C7H10FNO3. The highest BCUT2D eigenvalue weighted by Crippen LogP contribution is 2.02. The number of alkyl halides is 1. The van der Waals surface area contributed by atoms with E-state index in [-0.39, 0.29) is 12.3 Å². The van der Waals surface area contributed by atoms with E-state index in [1.165, 1.54) is 6.08 Å². The van der Waals surface area contributed by atoms with Crippen molar-refractivity contribution in [3.63, 3.8) is 0 Å². The van der Waals surface area contributed by atoms with Gasteiger partial charge in [-0.05, 0) is 6.92 Å². The Morgan fingerprint density at radius 2 is 2.33 bits per heavy atom. The van der Waals surface area contributed by atoms with Crippen LogP contribution in [0.3, 0.4) is 0 Å². The summed E-state index contributed by atoms with van der Waals surface area (Å²) in [5, 5.41) is 9.83. The van der Waals surface area contributed by atoms with Crippen LogP contribution in [0.4, 0.5) is 4.39 Å². The van der Waals surface area contributed by atoms with Gasteiger partial charge in [0.1, 0.15) is 0 Å². The number of β-lactam (4-membered cyclic amide) rings is 1. The summed E-state index contributed by atoms with van der Waals surface area (Å²) >= 11 is 0. The molecule has 1 fully saturated rings. The van der Waals surface area contributed by atoms with Crippen LogP contribution in [0.15, 0.2) is 12.2 Å². The molecule has 0 spiro atoms. The number of aliphatic carboxylic acids is 1. The number of nitrogens with one attached hydrogen (secondary N) is 1. The number of allylic oxidation sites excluding steroid dienone is 1. The van der Waals surface area contributed by atoms with Gasteiger partial charge in [0.05, 0.1) is 6.42 Å². The van der Waals surface area contributed by atoms with Crippen molar-refractivity contribution in [2.75, 3.05) is 0 Å².